The van der Waals surface area contributed by atoms with Crippen LogP contribution in [0.25, 0.3) is 0 Å². The largest absolute Gasteiger partial charge is 0.339 e. The molecular formula is C24H30ClN3O2S. The van der Waals surface area contributed by atoms with Gasteiger partial charge in [-0.15, -0.1) is 12.4 Å². The first-order chi connectivity index (χ1) is 14.5. The molecule has 166 valence electrons. The Bertz CT molecular complexity index is 1110. The summed E-state index contributed by atoms with van der Waals surface area (Å²) in [5.41, 5.74) is 5.15. The van der Waals surface area contributed by atoms with Crippen molar-refractivity contribution in [2.24, 2.45) is 7.05 Å². The van der Waals surface area contributed by atoms with E-state index in [1.165, 1.54) is 23.0 Å². The van der Waals surface area contributed by atoms with Crippen molar-refractivity contribution >= 4 is 22.2 Å². The number of aryl methyl sites for hydroxylation is 3. The van der Waals surface area contributed by atoms with E-state index in [0.29, 0.717) is 18.4 Å². The van der Waals surface area contributed by atoms with Crippen LogP contribution in [-0.2, 0) is 36.1 Å². The third kappa shape index (κ3) is 5.37. The van der Waals surface area contributed by atoms with Crippen LogP contribution in [-0.4, -0.2) is 36.8 Å². The van der Waals surface area contributed by atoms with E-state index < -0.39 is 9.84 Å². The summed E-state index contributed by atoms with van der Waals surface area (Å²) < 4.78 is 26.9. The summed E-state index contributed by atoms with van der Waals surface area (Å²) in [7, 11) is 0.436. The summed E-state index contributed by atoms with van der Waals surface area (Å²) in [5, 5.41) is 3.66. The number of likely N-dealkylation sites (N-methyl/N-ethyl adjacent to an activating group) is 1. The Morgan fingerprint density at radius 1 is 1.13 bits per heavy atom. The highest BCUT2D eigenvalue weighted by molar-refractivity contribution is 7.91. The molecule has 0 saturated heterocycles. The number of sulfone groups is 1. The molecule has 0 saturated carbocycles. The first kappa shape index (κ1) is 23.5. The molecule has 0 aliphatic heterocycles. The molecule has 1 heterocycles. The van der Waals surface area contributed by atoms with Gasteiger partial charge in [-0.2, -0.15) is 0 Å². The van der Waals surface area contributed by atoms with E-state index in [1.807, 2.05) is 13.1 Å². The van der Waals surface area contributed by atoms with Crippen molar-refractivity contribution in [2.75, 3.05) is 12.8 Å². The highest BCUT2D eigenvalue weighted by Gasteiger charge is 2.29. The van der Waals surface area contributed by atoms with Gasteiger partial charge >= 0.3 is 0 Å². The number of aromatic nitrogens is 2. The van der Waals surface area contributed by atoms with E-state index in [-0.39, 0.29) is 23.2 Å². The van der Waals surface area contributed by atoms with Gasteiger partial charge in [0.25, 0.3) is 0 Å². The average Bonchev–Trinajstić information content (AvgIpc) is 3.21. The summed E-state index contributed by atoms with van der Waals surface area (Å²) in [6.07, 6.45) is 6.74. The SMILES string of the molecule is CNC1CCc2ccc(CCS(=O)(=O)c3cn(C)cn3)cc2C1Cc1ccccc1.Cl. The monoisotopic (exact) mass is 459 g/mol. The van der Waals surface area contributed by atoms with E-state index >= 15 is 0 Å². The molecular weight excluding hydrogens is 430 g/mol. The lowest BCUT2D eigenvalue weighted by Gasteiger charge is -2.34. The van der Waals surface area contributed by atoms with E-state index in [2.05, 4.69) is 52.8 Å². The molecule has 2 aromatic carbocycles. The Morgan fingerprint density at radius 3 is 2.58 bits per heavy atom. The van der Waals surface area contributed by atoms with Crippen LogP contribution in [0.5, 0.6) is 0 Å². The lowest BCUT2D eigenvalue weighted by atomic mass is 9.75. The van der Waals surface area contributed by atoms with Gasteiger partial charge in [-0.1, -0.05) is 48.5 Å². The molecule has 4 rings (SSSR count). The minimum atomic E-state index is -3.38. The maximum Gasteiger partial charge on any atom is 0.197 e. The van der Waals surface area contributed by atoms with Crippen molar-refractivity contribution in [1.29, 1.82) is 0 Å². The first-order valence-electron chi connectivity index (χ1n) is 10.5. The second-order valence-corrected chi connectivity index (χ2v) is 10.3. The van der Waals surface area contributed by atoms with Crippen LogP contribution in [0.15, 0.2) is 66.1 Å². The number of imidazole rings is 1. The zero-order chi connectivity index (χ0) is 21.1. The summed E-state index contributed by atoms with van der Waals surface area (Å²) in [6.45, 7) is 0. The topological polar surface area (TPSA) is 64.0 Å². The van der Waals surface area contributed by atoms with Crippen LogP contribution in [0.3, 0.4) is 0 Å². The third-order valence-corrected chi connectivity index (χ3v) is 7.74. The molecule has 0 fully saturated rings. The van der Waals surface area contributed by atoms with Gasteiger partial charge in [-0.3, -0.25) is 0 Å². The molecule has 0 bridgehead atoms. The zero-order valence-electron chi connectivity index (χ0n) is 18.0. The highest BCUT2D eigenvalue weighted by Crippen LogP contribution is 2.35. The van der Waals surface area contributed by atoms with Crippen molar-refractivity contribution in [3.8, 4) is 0 Å². The summed E-state index contributed by atoms with van der Waals surface area (Å²) in [6, 6.07) is 17.5. The number of rotatable bonds is 7. The quantitative estimate of drug-likeness (QED) is 0.584. The number of nitrogens with zero attached hydrogens (tertiary/aromatic N) is 2. The molecule has 0 amide bonds. The standard InChI is InChI=1S/C24H29N3O2S.ClH/c1-25-23-11-10-20-9-8-19(12-13-30(28,29)24-16-27(2)17-26-24)14-21(20)22(23)15-18-6-4-3-5-7-18;/h3-9,14,16-17,22-23,25H,10-13,15H2,1-2H3;1H. The molecule has 1 N–H and O–H groups in total. The van der Waals surface area contributed by atoms with Gasteiger partial charge in [-0.25, -0.2) is 13.4 Å². The molecule has 0 spiro atoms. The van der Waals surface area contributed by atoms with Gasteiger partial charge in [0.1, 0.15) is 0 Å². The minimum absolute atomic E-state index is 0. The van der Waals surface area contributed by atoms with E-state index in [1.54, 1.807) is 17.8 Å². The Kier molecular flexibility index (Phi) is 7.57. The second-order valence-electron chi connectivity index (χ2n) is 8.21. The molecule has 31 heavy (non-hydrogen) atoms. The maximum absolute atomic E-state index is 12.6. The fourth-order valence-electron chi connectivity index (χ4n) is 4.47. The smallest absolute Gasteiger partial charge is 0.197 e. The molecule has 2 atom stereocenters. The number of nitrogens with one attached hydrogen (secondary N) is 1. The maximum atomic E-state index is 12.6. The van der Waals surface area contributed by atoms with Crippen LogP contribution < -0.4 is 5.32 Å². The van der Waals surface area contributed by atoms with Crippen molar-refractivity contribution in [2.45, 2.75) is 42.7 Å². The van der Waals surface area contributed by atoms with Gasteiger partial charge < -0.3 is 9.88 Å². The lowest BCUT2D eigenvalue weighted by Crippen LogP contribution is -2.37. The van der Waals surface area contributed by atoms with Gasteiger partial charge in [0.2, 0.25) is 0 Å². The molecule has 3 aromatic rings. The predicted molar refractivity (Wildman–Crippen MR) is 127 cm³/mol. The van der Waals surface area contributed by atoms with E-state index in [4.69, 9.17) is 0 Å². The molecule has 1 aliphatic rings. The van der Waals surface area contributed by atoms with Gasteiger partial charge in [-0.05, 0) is 55.0 Å². The van der Waals surface area contributed by atoms with Gasteiger partial charge in [0.15, 0.2) is 14.9 Å². The fraction of sp³-hybridized carbons (Fsp3) is 0.375. The third-order valence-electron chi connectivity index (χ3n) is 6.15. The van der Waals surface area contributed by atoms with Crippen LogP contribution in [0.4, 0.5) is 0 Å². The molecule has 1 aromatic heterocycles. The normalized spacial score (nSPS) is 18.3. The van der Waals surface area contributed by atoms with Gasteiger partial charge in [0, 0.05) is 25.2 Å². The number of hydrogen-bond donors (Lipinski definition) is 1. The van der Waals surface area contributed by atoms with Crippen molar-refractivity contribution < 1.29 is 8.42 Å². The Balaban J connectivity index is 0.00000272. The second kappa shape index (κ2) is 9.98. The molecule has 2 unspecified atom stereocenters. The Hall–Kier alpha value is -2.15. The zero-order valence-corrected chi connectivity index (χ0v) is 19.6. The summed E-state index contributed by atoms with van der Waals surface area (Å²) >= 11 is 0. The number of halogens is 1. The highest BCUT2D eigenvalue weighted by atomic mass is 35.5. The van der Waals surface area contributed by atoms with Crippen molar-refractivity contribution in [1.82, 2.24) is 14.9 Å². The fourth-order valence-corrected chi connectivity index (χ4v) is 5.72. The van der Waals surface area contributed by atoms with Crippen LogP contribution in [0.1, 0.15) is 34.6 Å². The number of fused-ring (bicyclic) bond motifs is 1. The van der Waals surface area contributed by atoms with Crippen molar-refractivity contribution in [3.63, 3.8) is 0 Å². The van der Waals surface area contributed by atoms with Crippen LogP contribution >= 0.6 is 12.4 Å². The number of hydrogen-bond acceptors (Lipinski definition) is 4. The summed E-state index contributed by atoms with van der Waals surface area (Å²) in [5.74, 6) is 0.454. The first-order valence-corrected chi connectivity index (χ1v) is 12.1. The average molecular weight is 460 g/mol. The Morgan fingerprint density at radius 2 is 1.90 bits per heavy atom. The Labute approximate surface area is 191 Å². The number of benzene rings is 2. The molecule has 1 aliphatic carbocycles. The van der Waals surface area contributed by atoms with E-state index in [9.17, 15) is 8.42 Å². The summed E-state index contributed by atoms with van der Waals surface area (Å²) in [4.78, 5) is 4.02. The van der Waals surface area contributed by atoms with Gasteiger partial charge in [0.05, 0.1) is 12.1 Å². The minimum Gasteiger partial charge on any atom is -0.339 e. The van der Waals surface area contributed by atoms with Crippen molar-refractivity contribution in [3.05, 3.63) is 83.3 Å². The molecule has 5 nitrogen and oxygen atoms in total. The predicted octanol–water partition coefficient (Wildman–Crippen LogP) is 3.72. The van der Waals surface area contributed by atoms with Crippen LogP contribution in [0, 0.1) is 0 Å². The lowest BCUT2D eigenvalue weighted by molar-refractivity contribution is 0.409. The van der Waals surface area contributed by atoms with E-state index in [0.717, 1.165) is 24.8 Å². The molecule has 0 radical (unpaired) electrons. The molecule has 7 heteroatoms. The van der Waals surface area contributed by atoms with Crippen LogP contribution in [0.2, 0.25) is 0 Å².